The van der Waals surface area contributed by atoms with E-state index in [1.54, 1.807) is 4.90 Å². The third-order valence-corrected chi connectivity index (χ3v) is 4.68. The van der Waals surface area contributed by atoms with Gasteiger partial charge in [-0.2, -0.15) is 0 Å². The van der Waals surface area contributed by atoms with Gasteiger partial charge in [-0.1, -0.05) is 0 Å². The molecule has 0 spiro atoms. The SMILES string of the molecule is CN1CCN(C(=O)CS(=O)c2cc(F)ccc2N)CC1. The number of nitrogen functional groups attached to an aromatic ring is 1. The highest BCUT2D eigenvalue weighted by Crippen LogP contribution is 2.18. The van der Waals surface area contributed by atoms with Gasteiger partial charge in [0.15, 0.2) is 0 Å². The van der Waals surface area contributed by atoms with Gasteiger partial charge in [0, 0.05) is 31.9 Å². The van der Waals surface area contributed by atoms with E-state index in [0.717, 1.165) is 19.2 Å². The molecule has 1 aromatic carbocycles. The number of nitrogens with zero attached hydrogens (tertiary/aromatic N) is 2. The van der Waals surface area contributed by atoms with E-state index in [-0.39, 0.29) is 22.2 Å². The van der Waals surface area contributed by atoms with Crippen molar-refractivity contribution in [2.24, 2.45) is 0 Å². The highest BCUT2D eigenvalue weighted by Gasteiger charge is 2.22. The summed E-state index contributed by atoms with van der Waals surface area (Å²) in [5, 5.41) is 0. The van der Waals surface area contributed by atoms with E-state index in [1.807, 2.05) is 7.05 Å². The summed E-state index contributed by atoms with van der Waals surface area (Å²) in [6.45, 7) is 2.87. The Morgan fingerprint density at radius 3 is 2.65 bits per heavy atom. The van der Waals surface area contributed by atoms with Crippen molar-refractivity contribution in [3.63, 3.8) is 0 Å². The highest BCUT2D eigenvalue weighted by atomic mass is 32.2. The third kappa shape index (κ3) is 3.55. The van der Waals surface area contributed by atoms with Crippen LogP contribution in [-0.2, 0) is 15.6 Å². The lowest BCUT2D eigenvalue weighted by Crippen LogP contribution is -2.48. The lowest BCUT2D eigenvalue weighted by Gasteiger charge is -2.32. The average molecular weight is 299 g/mol. The van der Waals surface area contributed by atoms with E-state index >= 15 is 0 Å². The van der Waals surface area contributed by atoms with Gasteiger partial charge in [-0.05, 0) is 25.2 Å². The quantitative estimate of drug-likeness (QED) is 0.815. The zero-order valence-electron chi connectivity index (χ0n) is 11.3. The second kappa shape index (κ2) is 6.32. The maximum absolute atomic E-state index is 13.2. The molecule has 0 aliphatic carbocycles. The van der Waals surface area contributed by atoms with Gasteiger partial charge in [0.25, 0.3) is 0 Å². The number of rotatable bonds is 3. The van der Waals surface area contributed by atoms with Crippen molar-refractivity contribution in [1.82, 2.24) is 9.80 Å². The Balaban J connectivity index is 2.00. The van der Waals surface area contributed by atoms with Crippen molar-refractivity contribution in [3.8, 4) is 0 Å². The minimum atomic E-state index is -1.62. The minimum absolute atomic E-state index is 0.155. The standard InChI is InChI=1S/C13H18FN3O2S/c1-16-4-6-17(7-5-16)13(18)9-20(19)12-8-10(14)2-3-11(12)15/h2-3,8H,4-7,9,15H2,1H3. The van der Waals surface area contributed by atoms with Crippen LogP contribution < -0.4 is 5.73 Å². The number of piperazine rings is 1. The highest BCUT2D eigenvalue weighted by molar-refractivity contribution is 7.86. The summed E-state index contributed by atoms with van der Waals surface area (Å²) < 4.78 is 25.3. The number of carbonyl (C=O) groups excluding carboxylic acids is 1. The van der Waals surface area contributed by atoms with Crippen LogP contribution in [0.4, 0.5) is 10.1 Å². The van der Waals surface area contributed by atoms with Gasteiger partial charge in [-0.25, -0.2) is 4.39 Å². The van der Waals surface area contributed by atoms with E-state index in [0.29, 0.717) is 13.1 Å². The van der Waals surface area contributed by atoms with Gasteiger partial charge < -0.3 is 15.5 Å². The number of amides is 1. The summed E-state index contributed by atoms with van der Waals surface area (Å²) >= 11 is 0. The first-order chi connectivity index (χ1) is 9.47. The fourth-order valence-corrected chi connectivity index (χ4v) is 3.18. The van der Waals surface area contributed by atoms with Crippen LogP contribution in [0.15, 0.2) is 23.1 Å². The molecule has 0 radical (unpaired) electrons. The number of nitrogens with two attached hydrogens (primary N) is 1. The number of likely N-dealkylation sites (N-methyl/N-ethyl adjacent to an activating group) is 1. The van der Waals surface area contributed by atoms with Crippen LogP contribution in [0.5, 0.6) is 0 Å². The molecule has 1 atom stereocenters. The van der Waals surface area contributed by atoms with Gasteiger partial charge >= 0.3 is 0 Å². The number of benzene rings is 1. The summed E-state index contributed by atoms with van der Waals surface area (Å²) in [6.07, 6.45) is 0. The fraction of sp³-hybridized carbons (Fsp3) is 0.462. The monoisotopic (exact) mass is 299 g/mol. The van der Waals surface area contributed by atoms with Crippen LogP contribution >= 0.6 is 0 Å². The van der Waals surface area contributed by atoms with Crippen molar-refractivity contribution >= 4 is 22.4 Å². The molecule has 7 heteroatoms. The molecule has 1 heterocycles. The number of anilines is 1. The molecule has 1 aliphatic heterocycles. The third-order valence-electron chi connectivity index (χ3n) is 3.33. The molecule has 2 rings (SSSR count). The molecule has 0 saturated carbocycles. The number of hydrogen-bond acceptors (Lipinski definition) is 4. The maximum Gasteiger partial charge on any atom is 0.235 e. The van der Waals surface area contributed by atoms with Crippen LogP contribution in [0.25, 0.3) is 0 Å². The van der Waals surface area contributed by atoms with Gasteiger partial charge in [0.05, 0.1) is 15.7 Å². The van der Waals surface area contributed by atoms with Crippen LogP contribution in [0.2, 0.25) is 0 Å². The molecule has 1 saturated heterocycles. The van der Waals surface area contributed by atoms with Crippen molar-refractivity contribution in [1.29, 1.82) is 0 Å². The van der Waals surface area contributed by atoms with Crippen molar-refractivity contribution in [3.05, 3.63) is 24.0 Å². The lowest BCUT2D eigenvalue weighted by atomic mass is 10.3. The first-order valence-electron chi connectivity index (χ1n) is 6.37. The topological polar surface area (TPSA) is 66.6 Å². The Labute approximate surface area is 120 Å². The number of halogens is 1. The van der Waals surface area contributed by atoms with E-state index in [1.165, 1.54) is 12.1 Å². The first kappa shape index (κ1) is 14.9. The predicted octanol–water partition coefficient (Wildman–Crippen LogP) is 0.289. The molecule has 1 fully saturated rings. The van der Waals surface area contributed by atoms with Crippen molar-refractivity contribution in [2.75, 3.05) is 44.7 Å². The molecule has 1 unspecified atom stereocenters. The summed E-state index contributed by atoms with van der Waals surface area (Å²) in [5.41, 5.74) is 5.92. The summed E-state index contributed by atoms with van der Waals surface area (Å²) in [6, 6.07) is 3.70. The zero-order valence-corrected chi connectivity index (χ0v) is 12.2. The number of carbonyl (C=O) groups is 1. The number of hydrogen-bond donors (Lipinski definition) is 1. The predicted molar refractivity (Wildman–Crippen MR) is 76.2 cm³/mol. The Bertz CT molecular complexity index is 530. The van der Waals surface area contributed by atoms with E-state index in [4.69, 9.17) is 5.73 Å². The fourth-order valence-electron chi connectivity index (χ4n) is 2.04. The summed E-state index contributed by atoms with van der Waals surface area (Å²) in [4.78, 5) is 16.1. The Hall–Kier alpha value is -1.47. The van der Waals surface area contributed by atoms with E-state index < -0.39 is 16.6 Å². The Kier molecular flexibility index (Phi) is 4.72. The molecule has 1 aliphatic rings. The molecule has 1 amide bonds. The van der Waals surface area contributed by atoms with Gasteiger partial charge in [-0.3, -0.25) is 9.00 Å². The van der Waals surface area contributed by atoms with Gasteiger partial charge in [0.1, 0.15) is 11.6 Å². The second-order valence-electron chi connectivity index (χ2n) is 4.86. The maximum atomic E-state index is 13.2. The van der Waals surface area contributed by atoms with Crippen molar-refractivity contribution in [2.45, 2.75) is 4.90 Å². The Morgan fingerprint density at radius 2 is 2.00 bits per heavy atom. The van der Waals surface area contributed by atoms with Crippen LogP contribution in [0, 0.1) is 5.82 Å². The lowest BCUT2D eigenvalue weighted by molar-refractivity contribution is -0.129. The average Bonchev–Trinajstić information content (AvgIpc) is 2.42. The first-order valence-corrected chi connectivity index (χ1v) is 7.69. The molecule has 2 N–H and O–H groups in total. The molecular weight excluding hydrogens is 281 g/mol. The van der Waals surface area contributed by atoms with E-state index in [9.17, 15) is 13.4 Å². The minimum Gasteiger partial charge on any atom is -0.398 e. The summed E-state index contributed by atoms with van der Waals surface area (Å²) in [7, 11) is 0.378. The molecular formula is C13H18FN3O2S. The molecule has 20 heavy (non-hydrogen) atoms. The molecule has 1 aromatic rings. The van der Waals surface area contributed by atoms with E-state index in [2.05, 4.69) is 4.90 Å². The largest absolute Gasteiger partial charge is 0.398 e. The van der Waals surface area contributed by atoms with Crippen LogP contribution in [0.1, 0.15) is 0 Å². The normalized spacial score (nSPS) is 18.0. The van der Waals surface area contributed by atoms with Crippen LogP contribution in [-0.4, -0.2) is 58.9 Å². The zero-order chi connectivity index (χ0) is 14.7. The van der Waals surface area contributed by atoms with Gasteiger partial charge in [0.2, 0.25) is 5.91 Å². The summed E-state index contributed by atoms with van der Waals surface area (Å²) in [5.74, 6) is -0.841. The second-order valence-corrected chi connectivity index (χ2v) is 6.28. The van der Waals surface area contributed by atoms with Gasteiger partial charge in [-0.15, -0.1) is 0 Å². The van der Waals surface area contributed by atoms with Crippen LogP contribution in [0.3, 0.4) is 0 Å². The molecule has 5 nitrogen and oxygen atoms in total. The Morgan fingerprint density at radius 1 is 1.35 bits per heavy atom. The van der Waals surface area contributed by atoms with Crippen molar-refractivity contribution < 1.29 is 13.4 Å². The smallest absolute Gasteiger partial charge is 0.235 e. The molecule has 110 valence electrons. The molecule has 0 aromatic heterocycles. The molecule has 0 bridgehead atoms.